The van der Waals surface area contributed by atoms with Crippen LogP contribution >= 0.6 is 0 Å². The monoisotopic (exact) mass is 259 g/mol. The summed E-state index contributed by atoms with van der Waals surface area (Å²) in [7, 11) is 4.25. The van der Waals surface area contributed by atoms with E-state index in [9.17, 15) is 4.79 Å². The van der Waals surface area contributed by atoms with Gasteiger partial charge in [-0.1, -0.05) is 12.1 Å². The molecule has 4 nitrogen and oxygen atoms in total. The third kappa shape index (κ3) is 2.38. The summed E-state index contributed by atoms with van der Waals surface area (Å²) in [5.41, 5.74) is 3.41. The molecular formula is C15H21N3O. The van der Waals surface area contributed by atoms with Gasteiger partial charge in [0.1, 0.15) is 0 Å². The number of rotatable bonds is 3. The van der Waals surface area contributed by atoms with Crippen LogP contribution in [0.4, 0.5) is 5.69 Å². The van der Waals surface area contributed by atoms with Crippen LogP contribution in [0.25, 0.3) is 0 Å². The molecule has 2 unspecified atom stereocenters. The summed E-state index contributed by atoms with van der Waals surface area (Å²) >= 11 is 0. The number of anilines is 1. The van der Waals surface area contributed by atoms with Crippen LogP contribution in [0.3, 0.4) is 0 Å². The Morgan fingerprint density at radius 3 is 2.89 bits per heavy atom. The van der Waals surface area contributed by atoms with E-state index >= 15 is 0 Å². The summed E-state index contributed by atoms with van der Waals surface area (Å²) in [6, 6.07) is 7.27. The molecule has 0 aromatic heterocycles. The number of hydrogen-bond acceptors (Lipinski definition) is 3. The molecule has 1 amide bonds. The fourth-order valence-electron chi connectivity index (χ4n) is 3.30. The predicted octanol–water partition coefficient (Wildman–Crippen LogP) is 1.54. The Bertz CT molecular complexity index is 492. The SMILES string of the molecule is CN(C)C(c1ccc2c(c1)CC(=O)N2)C1CCCN1. The molecule has 3 rings (SSSR count). The lowest BCUT2D eigenvalue weighted by Gasteiger charge is -2.30. The molecule has 0 spiro atoms. The zero-order chi connectivity index (χ0) is 13.4. The third-order valence-corrected chi connectivity index (χ3v) is 4.13. The Labute approximate surface area is 114 Å². The third-order valence-electron chi connectivity index (χ3n) is 4.13. The zero-order valence-electron chi connectivity index (χ0n) is 11.6. The normalized spacial score (nSPS) is 23.5. The molecule has 1 saturated heterocycles. The Balaban J connectivity index is 1.91. The lowest BCUT2D eigenvalue weighted by atomic mass is 9.95. The minimum Gasteiger partial charge on any atom is -0.326 e. The molecular weight excluding hydrogens is 238 g/mol. The quantitative estimate of drug-likeness (QED) is 0.865. The Kier molecular flexibility index (Phi) is 3.29. The first-order valence-corrected chi connectivity index (χ1v) is 6.97. The first kappa shape index (κ1) is 12.6. The van der Waals surface area contributed by atoms with Gasteiger partial charge < -0.3 is 15.5 Å². The standard InChI is InChI=1S/C15H21N3O/c1-18(2)15(13-4-3-7-16-13)10-5-6-12-11(8-10)9-14(19)17-12/h5-6,8,13,15-16H,3-4,7,9H2,1-2H3,(H,17,19). The van der Waals surface area contributed by atoms with E-state index in [1.807, 2.05) is 6.07 Å². The highest BCUT2D eigenvalue weighted by Crippen LogP contribution is 2.31. The highest BCUT2D eigenvalue weighted by molar-refractivity contribution is 5.99. The van der Waals surface area contributed by atoms with Gasteiger partial charge in [-0.25, -0.2) is 0 Å². The van der Waals surface area contributed by atoms with E-state index in [1.54, 1.807) is 0 Å². The number of fused-ring (bicyclic) bond motifs is 1. The lowest BCUT2D eigenvalue weighted by molar-refractivity contribution is -0.115. The molecule has 19 heavy (non-hydrogen) atoms. The largest absolute Gasteiger partial charge is 0.326 e. The van der Waals surface area contributed by atoms with Crippen molar-refractivity contribution >= 4 is 11.6 Å². The van der Waals surface area contributed by atoms with Crippen molar-refractivity contribution in [2.45, 2.75) is 31.3 Å². The first-order valence-electron chi connectivity index (χ1n) is 6.97. The zero-order valence-corrected chi connectivity index (χ0v) is 11.6. The van der Waals surface area contributed by atoms with Gasteiger partial charge in [0, 0.05) is 17.8 Å². The van der Waals surface area contributed by atoms with Crippen LogP contribution in [0.2, 0.25) is 0 Å². The average Bonchev–Trinajstić information content (AvgIpc) is 2.96. The van der Waals surface area contributed by atoms with Crippen molar-refractivity contribution in [3.8, 4) is 0 Å². The van der Waals surface area contributed by atoms with E-state index < -0.39 is 0 Å². The van der Waals surface area contributed by atoms with E-state index in [-0.39, 0.29) is 5.91 Å². The topological polar surface area (TPSA) is 44.4 Å². The van der Waals surface area contributed by atoms with Gasteiger partial charge in [-0.2, -0.15) is 0 Å². The molecule has 2 aliphatic rings. The second-order valence-corrected chi connectivity index (χ2v) is 5.75. The molecule has 2 aliphatic heterocycles. The minimum absolute atomic E-state index is 0.104. The summed E-state index contributed by atoms with van der Waals surface area (Å²) in [5.74, 6) is 0.104. The minimum atomic E-state index is 0.104. The fourth-order valence-corrected chi connectivity index (χ4v) is 3.30. The van der Waals surface area contributed by atoms with Crippen LogP contribution in [0.1, 0.15) is 30.0 Å². The van der Waals surface area contributed by atoms with Crippen molar-refractivity contribution < 1.29 is 4.79 Å². The van der Waals surface area contributed by atoms with E-state index in [0.717, 1.165) is 17.8 Å². The van der Waals surface area contributed by atoms with E-state index in [4.69, 9.17) is 0 Å². The van der Waals surface area contributed by atoms with Crippen LogP contribution in [0.5, 0.6) is 0 Å². The summed E-state index contributed by atoms with van der Waals surface area (Å²) in [6.07, 6.45) is 2.98. The van der Waals surface area contributed by atoms with Crippen LogP contribution in [-0.4, -0.2) is 37.5 Å². The molecule has 1 aromatic carbocycles. The summed E-state index contributed by atoms with van der Waals surface area (Å²) in [6.45, 7) is 1.11. The summed E-state index contributed by atoms with van der Waals surface area (Å²) in [4.78, 5) is 13.7. The number of amides is 1. The number of carbonyl (C=O) groups excluding carboxylic acids is 1. The van der Waals surface area contributed by atoms with Crippen molar-refractivity contribution in [3.63, 3.8) is 0 Å². The van der Waals surface area contributed by atoms with Crippen molar-refractivity contribution in [1.29, 1.82) is 0 Å². The number of nitrogens with zero attached hydrogens (tertiary/aromatic N) is 1. The van der Waals surface area contributed by atoms with Gasteiger partial charge in [0.2, 0.25) is 5.91 Å². The Morgan fingerprint density at radius 2 is 2.21 bits per heavy atom. The van der Waals surface area contributed by atoms with Gasteiger partial charge in [0.15, 0.2) is 0 Å². The number of likely N-dealkylation sites (N-methyl/N-ethyl adjacent to an activating group) is 1. The van der Waals surface area contributed by atoms with Gasteiger partial charge >= 0.3 is 0 Å². The number of nitrogens with one attached hydrogen (secondary N) is 2. The van der Waals surface area contributed by atoms with Gasteiger partial charge in [-0.15, -0.1) is 0 Å². The lowest BCUT2D eigenvalue weighted by Crippen LogP contribution is -2.37. The van der Waals surface area contributed by atoms with Crippen LogP contribution in [0, 0.1) is 0 Å². The van der Waals surface area contributed by atoms with E-state index in [1.165, 1.54) is 18.4 Å². The molecule has 4 heteroatoms. The molecule has 0 bridgehead atoms. The van der Waals surface area contributed by atoms with Crippen molar-refractivity contribution in [2.24, 2.45) is 0 Å². The average molecular weight is 259 g/mol. The molecule has 1 fully saturated rings. The molecule has 0 radical (unpaired) electrons. The molecule has 1 aromatic rings. The Hall–Kier alpha value is -1.39. The fraction of sp³-hybridized carbons (Fsp3) is 0.533. The van der Waals surface area contributed by atoms with Gasteiger partial charge in [-0.3, -0.25) is 4.79 Å². The number of benzene rings is 1. The molecule has 102 valence electrons. The highest BCUT2D eigenvalue weighted by atomic mass is 16.1. The maximum absolute atomic E-state index is 11.4. The van der Waals surface area contributed by atoms with Crippen molar-refractivity contribution in [1.82, 2.24) is 10.2 Å². The number of hydrogen-bond donors (Lipinski definition) is 2. The van der Waals surface area contributed by atoms with E-state index in [0.29, 0.717) is 18.5 Å². The molecule has 2 heterocycles. The highest BCUT2D eigenvalue weighted by Gasteiger charge is 2.29. The molecule has 2 atom stereocenters. The maximum Gasteiger partial charge on any atom is 0.228 e. The number of carbonyl (C=O) groups is 1. The molecule has 0 aliphatic carbocycles. The van der Waals surface area contributed by atoms with E-state index in [2.05, 4.69) is 41.8 Å². The van der Waals surface area contributed by atoms with Crippen LogP contribution < -0.4 is 10.6 Å². The Morgan fingerprint density at radius 1 is 1.37 bits per heavy atom. The maximum atomic E-state index is 11.4. The summed E-state index contributed by atoms with van der Waals surface area (Å²) in [5, 5.41) is 6.48. The predicted molar refractivity (Wildman–Crippen MR) is 76.2 cm³/mol. The first-order chi connectivity index (χ1) is 9.15. The van der Waals surface area contributed by atoms with Gasteiger partial charge in [0.25, 0.3) is 0 Å². The smallest absolute Gasteiger partial charge is 0.228 e. The second-order valence-electron chi connectivity index (χ2n) is 5.75. The van der Waals surface area contributed by atoms with Gasteiger partial charge in [-0.05, 0) is 50.7 Å². The second kappa shape index (κ2) is 4.94. The molecule has 2 N–H and O–H groups in total. The van der Waals surface area contributed by atoms with Crippen molar-refractivity contribution in [3.05, 3.63) is 29.3 Å². The van der Waals surface area contributed by atoms with Crippen LogP contribution in [-0.2, 0) is 11.2 Å². The van der Waals surface area contributed by atoms with Gasteiger partial charge in [0.05, 0.1) is 6.42 Å². The van der Waals surface area contributed by atoms with Crippen LogP contribution in [0.15, 0.2) is 18.2 Å². The molecule has 0 saturated carbocycles. The summed E-state index contributed by atoms with van der Waals surface area (Å²) < 4.78 is 0. The van der Waals surface area contributed by atoms with Crippen molar-refractivity contribution in [2.75, 3.05) is 26.0 Å².